The summed E-state index contributed by atoms with van der Waals surface area (Å²) in [7, 11) is -25.1. The first-order chi connectivity index (χ1) is 36.4. The van der Waals surface area contributed by atoms with Crippen molar-refractivity contribution in [1.82, 2.24) is 48.3 Å². The largest absolute Gasteiger partial charge is 0.490 e. The predicted molar refractivity (Wildman–Crippen MR) is 253 cm³/mol. The number of rotatable bonds is 23. The third-order valence-electron chi connectivity index (χ3n) is 12.1. The summed E-state index contributed by atoms with van der Waals surface area (Å²) in [6, 6.07) is 0.915. The number of anilines is 2. The minimum Gasteiger partial charge on any atom is -0.387 e. The lowest BCUT2D eigenvalue weighted by molar-refractivity contribution is -0.745. The highest BCUT2D eigenvalue weighted by Crippen LogP contribution is 2.68. The van der Waals surface area contributed by atoms with Gasteiger partial charge in [0.1, 0.15) is 54.6 Å². The van der Waals surface area contributed by atoms with E-state index in [2.05, 4.69) is 38.3 Å². The molecule has 0 bridgehead atoms. The first-order valence-corrected chi connectivity index (χ1v) is 29.9. The molecule has 0 spiro atoms. The monoisotopic (exact) mass is 1210 g/mol. The molecule has 0 radical (unpaired) electrons. The summed E-state index contributed by atoms with van der Waals surface area (Å²) in [6.07, 6.45) is -14.3. The number of aryl methyl sites for hydroxylation is 1. The molecule has 8 rings (SSSR count). The average Bonchev–Trinajstić information content (AvgIpc) is 4.23. The fourth-order valence-electron chi connectivity index (χ4n) is 8.45. The van der Waals surface area contributed by atoms with Gasteiger partial charge >= 0.3 is 42.6 Å². The van der Waals surface area contributed by atoms with E-state index in [0.717, 1.165) is 41.2 Å². The van der Waals surface area contributed by atoms with Crippen molar-refractivity contribution in [3.63, 3.8) is 0 Å². The Balaban J connectivity index is 0.952. The van der Waals surface area contributed by atoms with Gasteiger partial charge in [-0.15, -0.1) is 0 Å². The van der Waals surface area contributed by atoms with Crippen molar-refractivity contribution in [2.75, 3.05) is 50.7 Å². The maximum absolute atomic E-state index is 13.6. The Kier molecular flexibility index (Phi) is 17.3. The molecule has 14 N–H and O–H groups in total. The predicted octanol–water partition coefficient (Wildman–Crippen LogP) is -4.68. The van der Waals surface area contributed by atoms with Crippen molar-refractivity contribution in [3.05, 3.63) is 62.4 Å². The molecule has 78 heavy (non-hydrogen) atoms. The van der Waals surface area contributed by atoms with Crippen LogP contribution in [0.4, 0.5) is 11.8 Å². The summed E-state index contributed by atoms with van der Waals surface area (Å²) in [5.41, 5.74) is 8.99. The molecule has 3 aliphatic heterocycles. The topological polar surface area (TPSA) is 553 Å². The smallest absolute Gasteiger partial charge is 0.387 e. The SMILES string of the molecule is CCS(=O)(=O)NC[C@H]1[C@@H](O)[C@H]([n+]2cn(C)c3c(=O)[nH]c(N)nc32)O[C@@H]1COP(=O)(O)OP(=O)(O)OP(=O)(O)OC[C@H]1O[C@@H](n2cnc3c(N)ncnc32)[C@H](OC)[C@@H]1OP(=O)(O)OC[C@H]1O[C@@H](n2ccc(=O)[nH]c2=O)[C@H](O)[C@@H]1O. The number of aliphatic hydroxyl groups is 3. The molecule has 0 aliphatic carbocycles. The number of methoxy groups -OCH3 is 1. The van der Waals surface area contributed by atoms with Gasteiger partial charge in [-0.1, -0.05) is 4.98 Å². The minimum absolute atomic E-state index is 0.0120. The summed E-state index contributed by atoms with van der Waals surface area (Å²) >= 11 is 0. The quantitative estimate of drug-likeness (QED) is 0.0216. The Morgan fingerprint density at radius 3 is 2.10 bits per heavy atom. The van der Waals surface area contributed by atoms with Gasteiger partial charge in [0.05, 0.1) is 45.1 Å². The molecule has 44 heteroatoms. The molecule has 39 nitrogen and oxygen atoms in total. The van der Waals surface area contributed by atoms with Gasteiger partial charge in [-0.3, -0.25) is 51.4 Å². The minimum atomic E-state index is -6.27. The second kappa shape index (κ2) is 22.7. The number of aliphatic hydroxyl groups excluding tert-OH is 3. The van der Waals surface area contributed by atoms with E-state index < -0.39 is 164 Å². The number of nitrogens with two attached hydrogens (primary N) is 2. The van der Waals surface area contributed by atoms with E-state index in [1.807, 2.05) is 4.98 Å². The van der Waals surface area contributed by atoms with E-state index in [-0.39, 0.29) is 34.1 Å². The normalized spacial score (nSPS) is 29.9. The number of aromatic amines is 2. The van der Waals surface area contributed by atoms with Gasteiger partial charge in [-0.2, -0.15) is 8.62 Å². The van der Waals surface area contributed by atoms with Crippen molar-refractivity contribution < 1.29 is 112 Å². The lowest BCUT2D eigenvalue weighted by atomic mass is 9.98. The van der Waals surface area contributed by atoms with Gasteiger partial charge in [0.2, 0.25) is 21.8 Å². The van der Waals surface area contributed by atoms with Gasteiger partial charge in [0, 0.05) is 31.8 Å². The third-order valence-corrected chi connectivity index (χ3v) is 18.7. The van der Waals surface area contributed by atoms with Crippen LogP contribution >= 0.6 is 31.3 Å². The Morgan fingerprint density at radius 1 is 0.808 bits per heavy atom. The van der Waals surface area contributed by atoms with Crippen LogP contribution in [0.15, 0.2) is 45.6 Å². The zero-order valence-electron chi connectivity index (χ0n) is 40.2. The number of H-pyrrole nitrogens is 2. The lowest BCUT2D eigenvalue weighted by Gasteiger charge is -2.26. The average molecular weight is 1210 g/mol. The van der Waals surface area contributed by atoms with Crippen LogP contribution in [-0.4, -0.2) is 175 Å². The summed E-state index contributed by atoms with van der Waals surface area (Å²) in [5, 5.41) is 32.7. The second-order valence-corrected chi connectivity index (χ2v) is 25.3. The van der Waals surface area contributed by atoms with Crippen LogP contribution in [0.2, 0.25) is 0 Å². The van der Waals surface area contributed by atoms with E-state index >= 15 is 0 Å². The summed E-state index contributed by atoms with van der Waals surface area (Å²) < 4.78 is 136. The van der Waals surface area contributed by atoms with Crippen LogP contribution < -0.4 is 37.6 Å². The molecule has 16 atom stereocenters. The summed E-state index contributed by atoms with van der Waals surface area (Å²) in [6.45, 7) is -2.74. The number of phosphoric acid groups is 4. The summed E-state index contributed by atoms with van der Waals surface area (Å²) in [4.78, 5) is 99.6. The molecule has 5 aromatic rings. The molecule has 3 saturated heterocycles. The number of ether oxygens (including phenoxy) is 4. The molecule has 4 unspecified atom stereocenters. The Morgan fingerprint density at radius 2 is 1.45 bits per heavy atom. The van der Waals surface area contributed by atoms with Crippen LogP contribution in [0.1, 0.15) is 25.6 Å². The molecular weight excluding hydrogens is 1160 g/mol. The Hall–Kier alpha value is -4.67. The number of nitrogens with one attached hydrogen (secondary N) is 3. The first-order valence-electron chi connectivity index (χ1n) is 22.3. The first kappa shape index (κ1) is 59.5. The van der Waals surface area contributed by atoms with E-state index in [0.29, 0.717) is 0 Å². The molecule has 3 aliphatic rings. The third kappa shape index (κ3) is 12.9. The van der Waals surface area contributed by atoms with Crippen LogP contribution in [0.25, 0.3) is 22.3 Å². The highest BCUT2D eigenvalue weighted by Gasteiger charge is 2.54. The number of fused-ring (bicyclic) bond motifs is 2. The number of phosphoric ester groups is 3. The van der Waals surface area contributed by atoms with E-state index in [4.69, 9.17) is 48.5 Å². The highest BCUT2D eigenvalue weighted by molar-refractivity contribution is 7.89. The van der Waals surface area contributed by atoms with Crippen LogP contribution in [0, 0.1) is 5.92 Å². The lowest BCUT2D eigenvalue weighted by Crippen LogP contribution is -2.46. The summed E-state index contributed by atoms with van der Waals surface area (Å²) in [5.74, 6) is -2.19. The van der Waals surface area contributed by atoms with Crippen molar-refractivity contribution in [2.24, 2.45) is 13.0 Å². The van der Waals surface area contributed by atoms with Crippen LogP contribution in [-0.2, 0) is 81.0 Å². The Bertz CT molecular complexity index is 3550. The zero-order valence-corrected chi connectivity index (χ0v) is 44.6. The number of nitrogens with zero attached hydrogens (tertiary/aromatic N) is 8. The molecule has 0 saturated carbocycles. The van der Waals surface area contributed by atoms with E-state index in [9.17, 15) is 76.0 Å². The number of hydrogen-bond donors (Lipinski definition) is 12. The number of imidazole rings is 2. The standard InChI is InChI=1S/C34H49N13O26P4S/c1-4-78(62,63)40-7-14-15(68-30(21(14)49)47-13-44(2)20-28(47)42-33(36)43-29(20)52)8-66-75(56,57)72-77(60,61)73-76(58,59)67-10-17-24(25(64-3)32(70-17)46-12-39-19-26(35)37-11-38-27(19)46)71-74(54,55)65-9-16-22(50)23(51)31(69-16)45-6-5-18(48)41-34(45)53/h5-6,11-17,21-25,30-32,40,49-51H,4,7-10H2,1-3H3,(H9-,35,36,37,38,41,42,43,48,52,53,54,55,56,57,58,59,60,61)/p+1/t14-,15-,16-,17-,21-,22-,23-,24-,25-,30-,31-,32-/m1/s1. The molecule has 5 aromatic heterocycles. The molecule has 432 valence electrons. The maximum Gasteiger partial charge on any atom is 0.490 e. The molecule has 8 heterocycles. The fraction of sp³-hybridized carbons (Fsp3) is 0.588. The van der Waals surface area contributed by atoms with Crippen molar-refractivity contribution in [2.45, 2.75) is 74.4 Å². The van der Waals surface area contributed by atoms with Crippen LogP contribution in [0.5, 0.6) is 0 Å². The maximum atomic E-state index is 13.6. The molecular formula is C34H50N13O26P4S+. The van der Waals surface area contributed by atoms with Crippen molar-refractivity contribution in [1.29, 1.82) is 0 Å². The van der Waals surface area contributed by atoms with E-state index in [1.165, 1.54) is 29.4 Å². The van der Waals surface area contributed by atoms with Gasteiger partial charge in [-0.05, 0) is 6.92 Å². The fourth-order valence-corrected chi connectivity index (χ4v) is 13.6. The number of aromatic nitrogens is 10. The number of sulfonamides is 1. The van der Waals surface area contributed by atoms with Crippen molar-refractivity contribution >= 4 is 75.4 Å². The molecule has 3 fully saturated rings. The zero-order chi connectivity index (χ0) is 57.0. The van der Waals surface area contributed by atoms with Crippen molar-refractivity contribution in [3.8, 4) is 0 Å². The molecule has 0 amide bonds. The second-order valence-electron chi connectivity index (χ2n) is 17.1. The Labute approximate surface area is 435 Å². The highest BCUT2D eigenvalue weighted by atomic mass is 32.2. The van der Waals surface area contributed by atoms with E-state index in [1.54, 1.807) is 0 Å². The van der Waals surface area contributed by atoms with Crippen LogP contribution in [0.3, 0.4) is 0 Å². The number of nitrogen functional groups attached to an aromatic ring is 2. The van der Waals surface area contributed by atoms with Gasteiger partial charge in [0.25, 0.3) is 17.1 Å². The van der Waals surface area contributed by atoms with Gasteiger partial charge in [-0.25, -0.2) is 55.7 Å². The molecule has 0 aromatic carbocycles. The van der Waals surface area contributed by atoms with Gasteiger partial charge in [0.15, 0.2) is 30.2 Å². The van der Waals surface area contributed by atoms with Gasteiger partial charge < -0.3 is 65.3 Å². The number of hydrogen-bond acceptors (Lipinski definition) is 28.